The predicted molar refractivity (Wildman–Crippen MR) is 182 cm³/mol. The largest absolute Gasteiger partial charge is 0.481 e. The number of aromatic hydroxyl groups is 2. The summed E-state index contributed by atoms with van der Waals surface area (Å²) in [6.45, 7) is 0. The van der Waals surface area contributed by atoms with Crippen LogP contribution in [0.2, 0.25) is 0 Å². The summed E-state index contributed by atoms with van der Waals surface area (Å²) in [5.74, 6) is -9.54. The Morgan fingerprint density at radius 2 is 0.889 bits per heavy atom. The lowest BCUT2D eigenvalue weighted by atomic mass is 9.89. The van der Waals surface area contributed by atoms with E-state index in [1.54, 1.807) is 24.3 Å². The molecule has 6 N–H and O–H groups in total. The first kappa shape index (κ1) is 34.4. The van der Waals surface area contributed by atoms with Gasteiger partial charge in [-0.25, -0.2) is 10.5 Å². The quantitative estimate of drug-likeness (QED) is 0.0562. The maximum absolute atomic E-state index is 13.6. The number of hydrogen-bond acceptors (Lipinski definition) is 16. The first-order valence-electron chi connectivity index (χ1n) is 16.0. The minimum absolute atomic E-state index is 0.0577. The fraction of sp³-hybridized carbons (Fsp3) is 0.105. The number of aliphatic hydroxyl groups is 2. The van der Waals surface area contributed by atoms with Crippen LogP contribution in [0.25, 0.3) is 21.9 Å². The van der Waals surface area contributed by atoms with Crippen LogP contribution in [0.15, 0.2) is 139 Å². The van der Waals surface area contributed by atoms with Crippen molar-refractivity contribution >= 4 is 21.9 Å². The normalized spacial score (nSPS) is 19.4. The molecule has 54 heavy (non-hydrogen) atoms. The summed E-state index contributed by atoms with van der Waals surface area (Å²) in [6.07, 6.45) is -1.54. The molecule has 4 aromatic carbocycles. The van der Waals surface area contributed by atoms with Gasteiger partial charge in [-0.2, -0.15) is 19.6 Å². The van der Waals surface area contributed by atoms with Crippen LogP contribution < -0.4 is 20.3 Å². The Bertz CT molecular complexity index is 2470. The Morgan fingerprint density at radius 3 is 1.30 bits per heavy atom. The molecular weight excluding hydrogens is 712 g/mol. The first-order chi connectivity index (χ1) is 26.1. The second-order valence-corrected chi connectivity index (χ2v) is 12.1. The molecule has 0 spiro atoms. The van der Waals surface area contributed by atoms with E-state index in [9.17, 15) is 40.5 Å². The van der Waals surface area contributed by atoms with Crippen LogP contribution in [-0.4, -0.2) is 30.9 Å². The molecule has 0 saturated carbocycles. The second kappa shape index (κ2) is 13.1. The number of rotatable bonds is 9. The SMILES string of the molecule is O=c1c(CC2=C(O)Oc3ccccc3C2(OO)OOC2(OO)C(Cc3c(O)oc4ccccc4c3=O)=C(O)Oc3ccccc32)c(O)oc2ccccc12. The van der Waals surface area contributed by atoms with Gasteiger partial charge in [-0.1, -0.05) is 48.5 Å². The average Bonchev–Trinajstić information content (AvgIpc) is 3.18. The molecule has 2 aliphatic rings. The van der Waals surface area contributed by atoms with E-state index in [4.69, 9.17) is 37.9 Å². The van der Waals surface area contributed by atoms with Gasteiger partial charge in [0.2, 0.25) is 0 Å². The number of benzene rings is 4. The van der Waals surface area contributed by atoms with Gasteiger partial charge in [-0.05, 0) is 48.5 Å². The highest BCUT2D eigenvalue weighted by molar-refractivity contribution is 5.78. The molecule has 6 aromatic rings. The van der Waals surface area contributed by atoms with Crippen LogP contribution in [0.4, 0.5) is 0 Å². The van der Waals surface area contributed by atoms with Crippen LogP contribution in [0.3, 0.4) is 0 Å². The van der Waals surface area contributed by atoms with E-state index in [1.165, 1.54) is 72.8 Å². The molecule has 2 atom stereocenters. The molecular formula is C38H26O16. The van der Waals surface area contributed by atoms with E-state index in [0.717, 1.165) is 0 Å². The van der Waals surface area contributed by atoms with Gasteiger partial charge in [0.15, 0.2) is 10.9 Å². The van der Waals surface area contributed by atoms with E-state index >= 15 is 0 Å². The highest BCUT2D eigenvalue weighted by Crippen LogP contribution is 2.51. The minimum Gasteiger partial charge on any atom is -0.481 e. The minimum atomic E-state index is -2.81. The molecule has 4 heterocycles. The van der Waals surface area contributed by atoms with Crippen molar-refractivity contribution in [2.24, 2.45) is 0 Å². The Morgan fingerprint density at radius 1 is 0.519 bits per heavy atom. The maximum Gasteiger partial charge on any atom is 0.291 e. The van der Waals surface area contributed by atoms with Crippen LogP contribution in [0.5, 0.6) is 23.4 Å². The monoisotopic (exact) mass is 738 g/mol. The molecule has 0 saturated heterocycles. The van der Waals surface area contributed by atoms with Crippen molar-refractivity contribution in [3.8, 4) is 23.4 Å². The van der Waals surface area contributed by atoms with Gasteiger partial charge in [-0.15, -0.1) is 0 Å². The second-order valence-electron chi connectivity index (χ2n) is 12.1. The van der Waals surface area contributed by atoms with Crippen LogP contribution in [-0.2, 0) is 44.0 Å². The predicted octanol–water partition coefficient (Wildman–Crippen LogP) is 6.05. The first-order valence-corrected chi connectivity index (χ1v) is 16.0. The van der Waals surface area contributed by atoms with Crippen molar-refractivity contribution in [2.75, 3.05) is 0 Å². The lowest BCUT2D eigenvalue weighted by Gasteiger charge is -2.40. The van der Waals surface area contributed by atoms with Gasteiger partial charge >= 0.3 is 0 Å². The zero-order chi connectivity index (χ0) is 37.8. The zero-order valence-corrected chi connectivity index (χ0v) is 27.4. The van der Waals surface area contributed by atoms with E-state index in [0.29, 0.717) is 0 Å². The van der Waals surface area contributed by atoms with Gasteiger partial charge < -0.3 is 38.7 Å². The smallest absolute Gasteiger partial charge is 0.291 e. The van der Waals surface area contributed by atoms with Crippen molar-refractivity contribution < 1.29 is 68.8 Å². The summed E-state index contributed by atoms with van der Waals surface area (Å²) in [7, 11) is 0. The lowest BCUT2D eigenvalue weighted by molar-refractivity contribution is -0.570. The van der Waals surface area contributed by atoms with Crippen molar-refractivity contribution in [1.29, 1.82) is 0 Å². The van der Waals surface area contributed by atoms with Gasteiger partial charge in [0.1, 0.15) is 22.7 Å². The molecule has 0 fully saturated rings. The van der Waals surface area contributed by atoms with Gasteiger partial charge in [0.25, 0.3) is 35.4 Å². The number of fused-ring (bicyclic) bond motifs is 4. The molecule has 16 heteroatoms. The summed E-state index contributed by atoms with van der Waals surface area (Å²) >= 11 is 0. The maximum atomic E-state index is 13.6. The van der Waals surface area contributed by atoms with Gasteiger partial charge in [-0.3, -0.25) is 9.59 Å². The van der Waals surface area contributed by atoms with Crippen molar-refractivity contribution in [1.82, 2.24) is 0 Å². The molecule has 2 aliphatic heterocycles. The molecule has 0 radical (unpaired) electrons. The Hall–Kier alpha value is -6.66. The summed E-state index contributed by atoms with van der Waals surface area (Å²) < 4.78 is 22.1. The summed E-state index contributed by atoms with van der Waals surface area (Å²) in [5.41, 5.74) is -3.69. The van der Waals surface area contributed by atoms with Crippen molar-refractivity contribution in [2.45, 2.75) is 24.4 Å². The van der Waals surface area contributed by atoms with E-state index in [-0.39, 0.29) is 44.6 Å². The summed E-state index contributed by atoms with van der Waals surface area (Å²) in [6, 6.07) is 23.5. The van der Waals surface area contributed by atoms with Crippen LogP contribution in [0, 0.1) is 0 Å². The molecule has 2 unspecified atom stereocenters. The topological polar surface area (TPSA) is 237 Å². The highest BCUT2D eigenvalue weighted by atomic mass is 17.3. The third-order valence-corrected chi connectivity index (χ3v) is 9.19. The van der Waals surface area contributed by atoms with Crippen molar-refractivity contribution in [3.05, 3.63) is 163 Å². The zero-order valence-electron chi connectivity index (χ0n) is 27.4. The standard InChI is InChI=1S/C38H26O16/c39-31-19-9-1-5-13-27(19)47-33(41)21(31)17-25-35(43)49-29-15-7-3-11-23(29)37(25,51-45)53-54-38(52-46)24-12-4-8-16-30(24)50-36(44)26(38)18-22-32(40)20-10-2-6-14-28(20)48-34(22)42/h1-16,41-46H,17-18H2. The lowest BCUT2D eigenvalue weighted by Crippen LogP contribution is -2.46. The van der Waals surface area contributed by atoms with E-state index < -0.39 is 81.3 Å². The van der Waals surface area contributed by atoms with Gasteiger partial charge in [0.05, 0.1) is 44.2 Å². The summed E-state index contributed by atoms with van der Waals surface area (Å²) in [5, 5.41) is 65.8. The number of ether oxygens (including phenoxy) is 2. The highest BCUT2D eigenvalue weighted by Gasteiger charge is 2.56. The molecule has 0 amide bonds. The van der Waals surface area contributed by atoms with Crippen molar-refractivity contribution in [3.63, 3.8) is 0 Å². The molecule has 0 aliphatic carbocycles. The fourth-order valence-electron chi connectivity index (χ4n) is 6.53. The molecule has 8 rings (SSSR count). The molecule has 16 nitrogen and oxygen atoms in total. The Kier molecular flexibility index (Phi) is 8.34. The third kappa shape index (κ3) is 5.25. The number of aliphatic hydroxyl groups excluding tert-OH is 2. The fourth-order valence-corrected chi connectivity index (χ4v) is 6.53. The Labute approximate surface area is 301 Å². The van der Waals surface area contributed by atoms with E-state index in [2.05, 4.69) is 0 Å². The molecule has 0 bridgehead atoms. The summed E-state index contributed by atoms with van der Waals surface area (Å²) in [4.78, 5) is 48.9. The molecule has 2 aromatic heterocycles. The van der Waals surface area contributed by atoms with E-state index in [1.807, 2.05) is 0 Å². The molecule has 274 valence electrons. The van der Waals surface area contributed by atoms with Crippen LogP contribution >= 0.6 is 0 Å². The van der Waals surface area contributed by atoms with Gasteiger partial charge in [0, 0.05) is 12.8 Å². The average molecular weight is 739 g/mol. The van der Waals surface area contributed by atoms with Crippen LogP contribution in [0.1, 0.15) is 22.3 Å². The Balaban J connectivity index is 1.28. The number of hydrogen-bond donors (Lipinski definition) is 6. The third-order valence-electron chi connectivity index (χ3n) is 9.19. The number of para-hydroxylation sites is 4.